The number of carbonyl (C=O) groups is 1. The monoisotopic (exact) mass is 419 g/mol. The summed E-state index contributed by atoms with van der Waals surface area (Å²) in [5.41, 5.74) is -0.591. The quantitative estimate of drug-likeness (QED) is 0.247. The fourth-order valence-electron chi connectivity index (χ4n) is 1.70. The summed E-state index contributed by atoms with van der Waals surface area (Å²) in [6.07, 6.45) is 2.48. The van der Waals surface area contributed by atoms with Gasteiger partial charge >= 0.3 is 5.97 Å². The Bertz CT molecular complexity index is 886. The predicted octanol–water partition coefficient (Wildman–Crippen LogP) is 4.23. The average Bonchev–Trinajstić information content (AvgIpc) is 3.06. The Kier molecular flexibility index (Phi) is 6.90. The number of thiazole rings is 1. The lowest BCUT2D eigenvalue weighted by molar-refractivity contribution is -0.137. The molecule has 2 heterocycles. The van der Waals surface area contributed by atoms with Crippen LogP contribution in [0.25, 0.3) is 5.76 Å². The summed E-state index contributed by atoms with van der Waals surface area (Å²) in [4.78, 5) is 23.7. The zero-order valence-electron chi connectivity index (χ0n) is 13.5. The van der Waals surface area contributed by atoms with E-state index in [4.69, 9.17) is 32.7 Å². The second kappa shape index (κ2) is 8.93. The number of pyridine rings is 1. The van der Waals surface area contributed by atoms with E-state index in [1.54, 1.807) is 6.92 Å². The molecule has 0 saturated carbocycles. The van der Waals surface area contributed by atoms with Gasteiger partial charge in [0.25, 0.3) is 0 Å². The van der Waals surface area contributed by atoms with Gasteiger partial charge in [0.2, 0.25) is 5.13 Å². The van der Waals surface area contributed by atoms with E-state index < -0.39 is 22.7 Å². The van der Waals surface area contributed by atoms with Gasteiger partial charge < -0.3 is 14.6 Å². The minimum Gasteiger partial charge on any atom is -0.506 e. The van der Waals surface area contributed by atoms with E-state index >= 15 is 0 Å². The molecule has 0 saturated heterocycles. The summed E-state index contributed by atoms with van der Waals surface area (Å²) in [6, 6.07) is 0.854. The van der Waals surface area contributed by atoms with Crippen molar-refractivity contribution in [2.75, 3.05) is 13.7 Å². The van der Waals surface area contributed by atoms with E-state index in [1.165, 1.54) is 13.3 Å². The molecule has 1 N–H and O–H groups in total. The van der Waals surface area contributed by atoms with E-state index in [1.807, 2.05) is 0 Å². The smallest absolute Gasteiger partial charge is 0.343 e. The Morgan fingerprint density at radius 3 is 2.81 bits per heavy atom. The van der Waals surface area contributed by atoms with E-state index in [0.717, 1.165) is 23.6 Å². The Labute approximate surface area is 161 Å². The third-order valence-electron chi connectivity index (χ3n) is 2.87. The van der Waals surface area contributed by atoms with Crippen molar-refractivity contribution in [1.29, 1.82) is 0 Å². The van der Waals surface area contributed by atoms with Gasteiger partial charge in [-0.05, 0) is 13.0 Å². The van der Waals surface area contributed by atoms with Crippen molar-refractivity contribution in [3.63, 3.8) is 0 Å². The van der Waals surface area contributed by atoms with Crippen molar-refractivity contribution >= 4 is 57.6 Å². The Morgan fingerprint density at radius 2 is 2.19 bits per heavy atom. The molecule has 0 aliphatic rings. The molecule has 0 amide bonds. The van der Waals surface area contributed by atoms with Crippen LogP contribution in [-0.2, 0) is 9.53 Å². The molecule has 7 nitrogen and oxygen atoms in total. The molecular weight excluding hydrogens is 408 g/mol. The molecule has 2 aromatic heterocycles. The van der Waals surface area contributed by atoms with Crippen LogP contribution in [0, 0.1) is 5.82 Å². The van der Waals surface area contributed by atoms with Gasteiger partial charge in [-0.15, -0.1) is 0 Å². The van der Waals surface area contributed by atoms with Crippen LogP contribution in [-0.4, -0.2) is 41.0 Å². The van der Waals surface area contributed by atoms with Gasteiger partial charge in [-0.2, -0.15) is 0 Å². The molecule has 0 spiro atoms. The van der Waals surface area contributed by atoms with Crippen LogP contribution >= 0.6 is 34.5 Å². The highest BCUT2D eigenvalue weighted by molar-refractivity contribution is 7.17. The lowest BCUT2D eigenvalue weighted by atomic mass is 10.1. The molecule has 0 bridgehead atoms. The summed E-state index contributed by atoms with van der Waals surface area (Å²) in [5, 5.41) is 10.4. The van der Waals surface area contributed by atoms with Gasteiger partial charge in [-0.3, -0.25) is 0 Å². The minimum atomic E-state index is -0.914. The van der Waals surface area contributed by atoms with E-state index in [9.17, 15) is 14.3 Å². The number of esters is 1. The van der Waals surface area contributed by atoms with Crippen LogP contribution in [0.4, 0.5) is 9.52 Å². The summed E-state index contributed by atoms with van der Waals surface area (Å²) in [6.45, 7) is 1.64. The van der Waals surface area contributed by atoms with Crippen molar-refractivity contribution in [3.8, 4) is 5.06 Å². The van der Waals surface area contributed by atoms with Gasteiger partial charge in [0.05, 0.1) is 25.5 Å². The van der Waals surface area contributed by atoms with Crippen LogP contribution in [0.15, 0.2) is 22.8 Å². The molecule has 0 atom stereocenters. The summed E-state index contributed by atoms with van der Waals surface area (Å²) in [5.74, 6) is -2.46. The van der Waals surface area contributed by atoms with Crippen LogP contribution in [0.1, 0.15) is 12.5 Å². The zero-order chi connectivity index (χ0) is 19.3. The Hall–Kier alpha value is -2.23. The predicted molar refractivity (Wildman–Crippen MR) is 97.2 cm³/mol. The first-order valence-electron chi connectivity index (χ1n) is 7.03. The lowest BCUT2D eigenvalue weighted by Crippen LogP contribution is -2.11. The maximum atomic E-state index is 13.7. The first-order valence-corrected chi connectivity index (χ1v) is 8.60. The largest absolute Gasteiger partial charge is 0.506 e. The number of hydrogen-bond acceptors (Lipinski definition) is 8. The standard InChI is InChI=1S/C15H12Cl2FN3O4S/c1-3-25-14(23)8(5-19-15-20-6-10(24-2)26-15)11(22)7-4-9(18)13(17)21-12(7)16/h4-6,22H,3H2,1-2H3/b11-8-,19-5+. The molecule has 0 fully saturated rings. The number of nitrogens with zero attached hydrogens (tertiary/aromatic N) is 3. The number of ether oxygens (including phenoxy) is 2. The Morgan fingerprint density at radius 1 is 1.46 bits per heavy atom. The van der Waals surface area contributed by atoms with Gasteiger partial charge in [0.15, 0.2) is 16.0 Å². The molecule has 2 rings (SSSR count). The second-order valence-electron chi connectivity index (χ2n) is 4.51. The second-order valence-corrected chi connectivity index (χ2v) is 6.19. The molecule has 0 unspecified atom stereocenters. The number of aliphatic hydroxyl groups is 1. The van der Waals surface area contributed by atoms with Crippen LogP contribution in [0.3, 0.4) is 0 Å². The zero-order valence-corrected chi connectivity index (χ0v) is 15.8. The summed E-state index contributed by atoms with van der Waals surface area (Å²) >= 11 is 12.5. The minimum absolute atomic E-state index is 0.0511. The molecule has 0 radical (unpaired) electrons. The number of carbonyl (C=O) groups excluding carboxylic acids is 1. The lowest BCUT2D eigenvalue weighted by Gasteiger charge is -2.08. The number of hydrogen-bond donors (Lipinski definition) is 1. The van der Waals surface area contributed by atoms with Crippen molar-refractivity contribution in [2.24, 2.45) is 4.99 Å². The third-order valence-corrected chi connectivity index (χ3v) is 4.29. The topological polar surface area (TPSA) is 93.9 Å². The average molecular weight is 420 g/mol. The normalized spacial score (nSPS) is 12.2. The number of aromatic nitrogens is 2. The molecule has 26 heavy (non-hydrogen) atoms. The van der Waals surface area contributed by atoms with Gasteiger partial charge in [-0.1, -0.05) is 34.5 Å². The van der Waals surface area contributed by atoms with Crippen LogP contribution in [0.2, 0.25) is 10.3 Å². The van der Waals surface area contributed by atoms with E-state index in [-0.39, 0.29) is 28.0 Å². The van der Waals surface area contributed by atoms with Gasteiger partial charge in [-0.25, -0.2) is 24.1 Å². The van der Waals surface area contributed by atoms with Crippen molar-refractivity contribution in [2.45, 2.75) is 6.92 Å². The highest BCUT2D eigenvalue weighted by Gasteiger charge is 2.21. The maximum absolute atomic E-state index is 13.7. The molecular formula is C15H12Cl2FN3O4S. The summed E-state index contributed by atoms with van der Waals surface area (Å²) < 4.78 is 23.5. The SMILES string of the molecule is CCOC(=O)C(/C=N/c1ncc(OC)s1)=C(\O)c1cc(F)c(Cl)nc1Cl. The molecule has 0 aliphatic carbocycles. The Balaban J connectivity index is 2.50. The third kappa shape index (κ3) is 4.69. The number of aliphatic hydroxyl groups excluding tert-OH is 1. The van der Waals surface area contributed by atoms with Crippen LogP contribution in [0.5, 0.6) is 5.06 Å². The molecule has 0 aliphatic heterocycles. The van der Waals surface area contributed by atoms with Gasteiger partial charge in [0.1, 0.15) is 16.5 Å². The number of halogens is 3. The highest BCUT2D eigenvalue weighted by atomic mass is 35.5. The number of rotatable bonds is 6. The first kappa shape index (κ1) is 20.1. The fraction of sp³-hybridized carbons (Fsp3) is 0.200. The number of methoxy groups -OCH3 is 1. The molecule has 2 aromatic rings. The van der Waals surface area contributed by atoms with E-state index in [0.29, 0.717) is 5.06 Å². The summed E-state index contributed by atoms with van der Waals surface area (Å²) in [7, 11) is 1.47. The maximum Gasteiger partial charge on any atom is 0.343 e. The van der Waals surface area contributed by atoms with Gasteiger partial charge in [0, 0.05) is 6.21 Å². The fourth-order valence-corrected chi connectivity index (χ4v) is 2.69. The highest BCUT2D eigenvalue weighted by Crippen LogP contribution is 2.29. The molecule has 11 heteroatoms. The van der Waals surface area contributed by atoms with Crippen molar-refractivity contribution in [3.05, 3.63) is 39.5 Å². The first-order chi connectivity index (χ1) is 12.4. The molecule has 0 aromatic carbocycles. The van der Waals surface area contributed by atoms with E-state index in [2.05, 4.69) is 15.0 Å². The van der Waals surface area contributed by atoms with Crippen molar-refractivity contribution < 1.29 is 23.8 Å². The molecule has 138 valence electrons. The number of aliphatic imine (C=N–C) groups is 1. The van der Waals surface area contributed by atoms with Crippen LogP contribution < -0.4 is 4.74 Å². The van der Waals surface area contributed by atoms with Crippen molar-refractivity contribution in [1.82, 2.24) is 9.97 Å².